The Balaban J connectivity index is 2.15. The van der Waals surface area contributed by atoms with Crippen molar-refractivity contribution in [2.45, 2.75) is 20.8 Å². The van der Waals surface area contributed by atoms with Gasteiger partial charge < -0.3 is 10.1 Å². The molecule has 0 fully saturated rings. The van der Waals surface area contributed by atoms with Crippen molar-refractivity contribution in [3.8, 4) is 5.75 Å². The Labute approximate surface area is 144 Å². The van der Waals surface area contributed by atoms with Gasteiger partial charge in [0.1, 0.15) is 0 Å². The zero-order valence-corrected chi connectivity index (χ0v) is 14.1. The SMILES string of the molecule is Cc1ccc([N+](=O)[O-])c(OC(=O)c2ccc(NC(=O)C(C)C)cc2)c1. The summed E-state index contributed by atoms with van der Waals surface area (Å²) >= 11 is 0. The quantitative estimate of drug-likeness (QED) is 0.386. The molecule has 0 aliphatic carbocycles. The normalized spacial score (nSPS) is 10.4. The minimum absolute atomic E-state index is 0.104. The van der Waals surface area contributed by atoms with E-state index in [1.165, 1.54) is 24.3 Å². The minimum atomic E-state index is -0.713. The van der Waals surface area contributed by atoms with Gasteiger partial charge in [-0.05, 0) is 42.8 Å². The number of carbonyl (C=O) groups excluding carboxylic acids is 2. The van der Waals surface area contributed by atoms with Crippen LogP contribution in [0.15, 0.2) is 42.5 Å². The predicted molar refractivity (Wildman–Crippen MR) is 92.7 cm³/mol. The average Bonchev–Trinajstić information content (AvgIpc) is 2.55. The fourth-order valence-electron chi connectivity index (χ4n) is 1.99. The number of anilines is 1. The highest BCUT2D eigenvalue weighted by atomic mass is 16.6. The molecule has 7 nitrogen and oxygen atoms in total. The predicted octanol–water partition coefficient (Wildman–Crippen LogP) is 3.72. The molecular weight excluding hydrogens is 324 g/mol. The summed E-state index contributed by atoms with van der Waals surface area (Å²) in [6.45, 7) is 5.29. The molecular formula is C18H18N2O5. The van der Waals surface area contributed by atoms with Gasteiger partial charge in [-0.2, -0.15) is 0 Å². The van der Waals surface area contributed by atoms with Gasteiger partial charge >= 0.3 is 11.7 Å². The molecule has 0 heterocycles. The van der Waals surface area contributed by atoms with Gasteiger partial charge in [0.15, 0.2) is 0 Å². The first kappa shape index (κ1) is 18.1. The zero-order valence-electron chi connectivity index (χ0n) is 14.1. The van der Waals surface area contributed by atoms with Crippen molar-refractivity contribution in [2.24, 2.45) is 5.92 Å². The number of nitro groups is 1. The smallest absolute Gasteiger partial charge is 0.343 e. The van der Waals surface area contributed by atoms with Crippen LogP contribution < -0.4 is 10.1 Å². The first-order valence-corrected chi connectivity index (χ1v) is 7.66. The molecule has 1 N–H and O–H groups in total. The van der Waals surface area contributed by atoms with Gasteiger partial charge in [0.25, 0.3) is 0 Å². The Morgan fingerprint density at radius 3 is 2.32 bits per heavy atom. The number of amides is 1. The number of hydrogen-bond acceptors (Lipinski definition) is 5. The van der Waals surface area contributed by atoms with Crippen molar-refractivity contribution in [3.05, 3.63) is 63.7 Å². The van der Waals surface area contributed by atoms with E-state index in [0.717, 1.165) is 5.56 Å². The summed E-state index contributed by atoms with van der Waals surface area (Å²) in [5.41, 5.74) is 1.23. The molecule has 0 saturated heterocycles. The number of nitrogens with one attached hydrogen (secondary N) is 1. The lowest BCUT2D eigenvalue weighted by Gasteiger charge is -2.09. The zero-order chi connectivity index (χ0) is 18.6. The number of nitrogens with zero attached hydrogens (tertiary/aromatic N) is 1. The summed E-state index contributed by atoms with van der Waals surface area (Å²) in [7, 11) is 0. The van der Waals surface area contributed by atoms with Crippen LogP contribution in [0.5, 0.6) is 5.75 Å². The second kappa shape index (κ2) is 7.57. The van der Waals surface area contributed by atoms with E-state index in [-0.39, 0.29) is 28.8 Å². The summed E-state index contributed by atoms with van der Waals surface area (Å²) in [6, 6.07) is 10.4. The van der Waals surface area contributed by atoms with Gasteiger partial charge in [-0.25, -0.2) is 4.79 Å². The van der Waals surface area contributed by atoms with Crippen molar-refractivity contribution >= 4 is 23.3 Å². The van der Waals surface area contributed by atoms with E-state index in [1.807, 2.05) is 0 Å². The van der Waals surface area contributed by atoms with E-state index in [0.29, 0.717) is 5.69 Å². The van der Waals surface area contributed by atoms with Crippen molar-refractivity contribution in [2.75, 3.05) is 5.32 Å². The second-order valence-corrected chi connectivity index (χ2v) is 5.84. The van der Waals surface area contributed by atoms with Crippen LogP contribution in [0, 0.1) is 23.0 Å². The second-order valence-electron chi connectivity index (χ2n) is 5.84. The summed E-state index contributed by atoms with van der Waals surface area (Å²) in [6.07, 6.45) is 0. The molecule has 2 aromatic carbocycles. The maximum absolute atomic E-state index is 12.2. The number of hydrogen-bond donors (Lipinski definition) is 1. The average molecular weight is 342 g/mol. The maximum Gasteiger partial charge on any atom is 0.343 e. The molecule has 0 saturated carbocycles. The first-order valence-electron chi connectivity index (χ1n) is 7.66. The minimum Gasteiger partial charge on any atom is -0.416 e. The summed E-state index contributed by atoms with van der Waals surface area (Å²) in [4.78, 5) is 34.3. The van der Waals surface area contributed by atoms with Crippen molar-refractivity contribution in [1.82, 2.24) is 0 Å². The van der Waals surface area contributed by atoms with Crippen LogP contribution >= 0.6 is 0 Å². The summed E-state index contributed by atoms with van der Waals surface area (Å²) in [5.74, 6) is -1.11. The van der Waals surface area contributed by atoms with E-state index in [2.05, 4.69) is 5.32 Å². The van der Waals surface area contributed by atoms with Gasteiger partial charge in [-0.15, -0.1) is 0 Å². The molecule has 130 valence electrons. The topological polar surface area (TPSA) is 98.5 Å². The Morgan fingerprint density at radius 2 is 1.76 bits per heavy atom. The van der Waals surface area contributed by atoms with Crippen LogP contribution in [-0.4, -0.2) is 16.8 Å². The van der Waals surface area contributed by atoms with E-state index in [9.17, 15) is 19.7 Å². The van der Waals surface area contributed by atoms with Gasteiger partial charge in [0, 0.05) is 17.7 Å². The number of benzene rings is 2. The standard InChI is InChI=1S/C18H18N2O5/c1-11(2)17(21)19-14-7-5-13(6-8-14)18(22)25-16-10-12(3)4-9-15(16)20(23)24/h4-11H,1-3H3,(H,19,21). The van der Waals surface area contributed by atoms with Crippen LogP contribution in [0.1, 0.15) is 29.8 Å². The highest BCUT2D eigenvalue weighted by Crippen LogP contribution is 2.28. The monoisotopic (exact) mass is 342 g/mol. The van der Waals surface area contributed by atoms with Gasteiger partial charge in [0.2, 0.25) is 11.7 Å². The van der Waals surface area contributed by atoms with Gasteiger partial charge in [-0.1, -0.05) is 19.9 Å². The lowest BCUT2D eigenvalue weighted by atomic mass is 10.1. The van der Waals surface area contributed by atoms with E-state index in [1.54, 1.807) is 39.0 Å². The third kappa shape index (κ3) is 4.63. The number of esters is 1. The van der Waals surface area contributed by atoms with E-state index in [4.69, 9.17) is 4.74 Å². The maximum atomic E-state index is 12.2. The van der Waals surface area contributed by atoms with E-state index >= 15 is 0 Å². The molecule has 0 radical (unpaired) electrons. The molecule has 1 amide bonds. The highest BCUT2D eigenvalue weighted by Gasteiger charge is 2.19. The molecule has 0 spiro atoms. The Hall–Kier alpha value is -3.22. The van der Waals surface area contributed by atoms with Crippen molar-refractivity contribution < 1.29 is 19.2 Å². The highest BCUT2D eigenvalue weighted by molar-refractivity contribution is 5.94. The van der Waals surface area contributed by atoms with Crippen LogP contribution in [0.4, 0.5) is 11.4 Å². The molecule has 0 bridgehead atoms. The van der Waals surface area contributed by atoms with Crippen LogP contribution in [-0.2, 0) is 4.79 Å². The van der Waals surface area contributed by atoms with Crippen LogP contribution in [0.3, 0.4) is 0 Å². The number of aryl methyl sites for hydroxylation is 1. The summed E-state index contributed by atoms with van der Waals surface area (Å²) in [5, 5.41) is 13.7. The number of ether oxygens (including phenoxy) is 1. The number of rotatable bonds is 5. The molecule has 0 aliphatic heterocycles. The molecule has 0 aliphatic rings. The molecule has 0 atom stereocenters. The molecule has 2 rings (SSSR count). The fourth-order valence-corrected chi connectivity index (χ4v) is 1.99. The fraction of sp³-hybridized carbons (Fsp3) is 0.222. The van der Waals surface area contributed by atoms with E-state index < -0.39 is 10.9 Å². The largest absolute Gasteiger partial charge is 0.416 e. The van der Waals surface area contributed by atoms with Crippen LogP contribution in [0.25, 0.3) is 0 Å². The lowest BCUT2D eigenvalue weighted by molar-refractivity contribution is -0.385. The Morgan fingerprint density at radius 1 is 1.12 bits per heavy atom. The molecule has 0 aromatic heterocycles. The Bertz CT molecular complexity index is 813. The molecule has 0 unspecified atom stereocenters. The molecule has 25 heavy (non-hydrogen) atoms. The van der Waals surface area contributed by atoms with Gasteiger partial charge in [-0.3, -0.25) is 14.9 Å². The molecule has 7 heteroatoms. The third-order valence-electron chi connectivity index (χ3n) is 3.43. The number of carbonyl (C=O) groups is 2. The molecule has 2 aromatic rings. The third-order valence-corrected chi connectivity index (χ3v) is 3.43. The van der Waals surface area contributed by atoms with Crippen molar-refractivity contribution in [3.63, 3.8) is 0 Å². The first-order chi connectivity index (χ1) is 11.8. The van der Waals surface area contributed by atoms with Crippen LogP contribution in [0.2, 0.25) is 0 Å². The van der Waals surface area contributed by atoms with Gasteiger partial charge in [0.05, 0.1) is 10.5 Å². The number of nitro benzene ring substituents is 1. The summed E-state index contributed by atoms with van der Waals surface area (Å²) < 4.78 is 5.16. The Kier molecular flexibility index (Phi) is 5.49. The lowest BCUT2D eigenvalue weighted by Crippen LogP contribution is -2.17. The van der Waals surface area contributed by atoms with Crippen molar-refractivity contribution in [1.29, 1.82) is 0 Å².